The van der Waals surface area contributed by atoms with E-state index in [-0.39, 0.29) is 11.4 Å². The summed E-state index contributed by atoms with van der Waals surface area (Å²) in [6.07, 6.45) is -3.08. The standard InChI is InChI=1S/C20H12Cl2F3N3O/c21-14-4-6-18(17(22)10-14)26-11-12-8-16(5-7-19(12)29)28-27-15-3-1-2-13(9-15)20(23,24)25/h1-11,29H. The van der Waals surface area contributed by atoms with Crippen LogP contribution in [0.3, 0.4) is 0 Å². The third-order valence-corrected chi connectivity index (χ3v) is 4.26. The van der Waals surface area contributed by atoms with Crippen LogP contribution in [-0.4, -0.2) is 11.3 Å². The molecule has 0 amide bonds. The lowest BCUT2D eigenvalue weighted by Gasteiger charge is -2.06. The number of benzene rings is 3. The molecule has 148 valence electrons. The summed E-state index contributed by atoms with van der Waals surface area (Å²) in [6.45, 7) is 0. The highest BCUT2D eigenvalue weighted by molar-refractivity contribution is 6.36. The molecule has 0 unspecified atom stereocenters. The summed E-state index contributed by atoms with van der Waals surface area (Å²) < 4.78 is 38.3. The van der Waals surface area contributed by atoms with Crippen LogP contribution in [-0.2, 0) is 6.18 Å². The van der Waals surface area contributed by atoms with Gasteiger partial charge in [0, 0.05) is 16.8 Å². The van der Waals surface area contributed by atoms with Crippen molar-refractivity contribution in [1.82, 2.24) is 0 Å². The fourth-order valence-electron chi connectivity index (χ4n) is 2.29. The van der Waals surface area contributed by atoms with Gasteiger partial charge in [0.05, 0.1) is 27.6 Å². The minimum Gasteiger partial charge on any atom is -0.507 e. The van der Waals surface area contributed by atoms with Crippen molar-refractivity contribution in [2.24, 2.45) is 15.2 Å². The van der Waals surface area contributed by atoms with E-state index >= 15 is 0 Å². The molecule has 0 aliphatic carbocycles. The number of nitrogens with zero attached hydrogens (tertiary/aromatic N) is 3. The van der Waals surface area contributed by atoms with Crippen molar-refractivity contribution >= 4 is 46.5 Å². The van der Waals surface area contributed by atoms with Crippen LogP contribution >= 0.6 is 23.2 Å². The van der Waals surface area contributed by atoms with Gasteiger partial charge in [-0.25, -0.2) is 0 Å². The number of aromatic hydroxyl groups is 1. The average Bonchev–Trinajstić information content (AvgIpc) is 2.67. The Morgan fingerprint density at radius 1 is 0.862 bits per heavy atom. The minimum atomic E-state index is -4.46. The van der Waals surface area contributed by atoms with Gasteiger partial charge in [-0.05, 0) is 54.6 Å². The topological polar surface area (TPSA) is 57.3 Å². The molecular weight excluding hydrogens is 426 g/mol. The van der Waals surface area contributed by atoms with E-state index in [2.05, 4.69) is 15.2 Å². The highest BCUT2D eigenvalue weighted by atomic mass is 35.5. The molecule has 0 aliphatic heterocycles. The Morgan fingerprint density at radius 3 is 2.28 bits per heavy atom. The number of alkyl halides is 3. The maximum Gasteiger partial charge on any atom is 0.416 e. The zero-order valence-corrected chi connectivity index (χ0v) is 16.0. The van der Waals surface area contributed by atoms with Crippen molar-refractivity contribution in [3.63, 3.8) is 0 Å². The van der Waals surface area contributed by atoms with Gasteiger partial charge in [-0.3, -0.25) is 4.99 Å². The summed E-state index contributed by atoms with van der Waals surface area (Å²) in [5, 5.41) is 18.6. The molecule has 0 spiro atoms. The lowest BCUT2D eigenvalue weighted by Crippen LogP contribution is -2.03. The molecule has 1 N–H and O–H groups in total. The normalized spacial score (nSPS) is 12.2. The van der Waals surface area contributed by atoms with Gasteiger partial charge in [-0.15, -0.1) is 0 Å². The number of rotatable bonds is 4. The van der Waals surface area contributed by atoms with E-state index in [4.69, 9.17) is 23.2 Å². The number of halogens is 5. The van der Waals surface area contributed by atoms with Crippen LogP contribution < -0.4 is 0 Å². The Hall–Kier alpha value is -2.90. The Labute approximate surface area is 174 Å². The van der Waals surface area contributed by atoms with Crippen LogP contribution in [0.4, 0.5) is 30.2 Å². The molecular formula is C20H12Cl2F3N3O. The summed E-state index contributed by atoms with van der Waals surface area (Å²) in [6, 6.07) is 13.6. The van der Waals surface area contributed by atoms with Crippen LogP contribution in [0.25, 0.3) is 0 Å². The first-order chi connectivity index (χ1) is 13.7. The van der Waals surface area contributed by atoms with Crippen molar-refractivity contribution < 1.29 is 18.3 Å². The average molecular weight is 438 g/mol. The first-order valence-corrected chi connectivity index (χ1v) is 8.89. The molecule has 3 aromatic rings. The molecule has 0 fully saturated rings. The Bertz CT molecular complexity index is 1100. The number of hydrogen-bond donors (Lipinski definition) is 1. The van der Waals surface area contributed by atoms with Crippen LogP contribution in [0.2, 0.25) is 10.0 Å². The second kappa shape index (κ2) is 8.63. The molecule has 0 saturated heterocycles. The van der Waals surface area contributed by atoms with Crippen LogP contribution in [0.15, 0.2) is 75.9 Å². The SMILES string of the molecule is Oc1ccc(N=Nc2cccc(C(F)(F)F)c2)cc1C=Nc1ccc(Cl)cc1Cl. The maximum atomic E-state index is 12.8. The fourth-order valence-corrected chi connectivity index (χ4v) is 2.75. The molecule has 0 saturated carbocycles. The first-order valence-electron chi connectivity index (χ1n) is 8.13. The molecule has 3 rings (SSSR count). The number of aliphatic imine (C=N–C) groups is 1. The van der Waals surface area contributed by atoms with Gasteiger partial charge in [0.1, 0.15) is 5.75 Å². The van der Waals surface area contributed by atoms with E-state index in [1.807, 2.05) is 0 Å². The van der Waals surface area contributed by atoms with Gasteiger partial charge in [-0.1, -0.05) is 29.3 Å². The largest absolute Gasteiger partial charge is 0.507 e. The minimum absolute atomic E-state index is 0.0519. The van der Waals surface area contributed by atoms with Crippen LogP contribution in [0, 0.1) is 0 Å². The molecule has 3 aromatic carbocycles. The van der Waals surface area contributed by atoms with Crippen molar-refractivity contribution in [3.05, 3.63) is 81.8 Å². The van der Waals surface area contributed by atoms with Crippen molar-refractivity contribution in [3.8, 4) is 5.75 Å². The molecule has 4 nitrogen and oxygen atoms in total. The Kier molecular flexibility index (Phi) is 6.20. The van der Waals surface area contributed by atoms with E-state index in [1.54, 1.807) is 12.1 Å². The highest BCUT2D eigenvalue weighted by Crippen LogP contribution is 2.32. The summed E-state index contributed by atoms with van der Waals surface area (Å²) in [7, 11) is 0. The predicted molar refractivity (Wildman–Crippen MR) is 107 cm³/mol. The smallest absolute Gasteiger partial charge is 0.416 e. The molecule has 9 heteroatoms. The number of phenols is 1. The Balaban J connectivity index is 1.84. The predicted octanol–water partition coefficient (Wildman–Crippen LogP) is 7.88. The van der Waals surface area contributed by atoms with Gasteiger partial charge in [-0.2, -0.15) is 23.4 Å². The van der Waals surface area contributed by atoms with E-state index in [0.717, 1.165) is 12.1 Å². The lowest BCUT2D eigenvalue weighted by molar-refractivity contribution is -0.137. The number of phenolic OH excluding ortho intramolecular Hbond substituents is 1. The quantitative estimate of drug-likeness (QED) is 0.327. The van der Waals surface area contributed by atoms with Crippen LogP contribution in [0.1, 0.15) is 11.1 Å². The van der Waals surface area contributed by atoms with E-state index < -0.39 is 11.7 Å². The third kappa shape index (κ3) is 5.56. The molecule has 0 radical (unpaired) electrons. The highest BCUT2D eigenvalue weighted by Gasteiger charge is 2.30. The molecule has 0 bridgehead atoms. The monoisotopic (exact) mass is 437 g/mol. The van der Waals surface area contributed by atoms with Crippen LogP contribution in [0.5, 0.6) is 5.75 Å². The van der Waals surface area contributed by atoms with Crippen molar-refractivity contribution in [2.75, 3.05) is 0 Å². The van der Waals surface area contributed by atoms with Gasteiger partial charge >= 0.3 is 6.18 Å². The first kappa shape index (κ1) is 20.8. The molecule has 0 atom stereocenters. The van der Waals surface area contributed by atoms with Gasteiger partial charge in [0.15, 0.2) is 0 Å². The zero-order valence-electron chi connectivity index (χ0n) is 14.5. The number of hydrogen-bond acceptors (Lipinski definition) is 4. The fraction of sp³-hybridized carbons (Fsp3) is 0.0500. The lowest BCUT2D eigenvalue weighted by atomic mass is 10.2. The number of azo groups is 1. The maximum absolute atomic E-state index is 12.8. The molecule has 0 aliphatic rings. The van der Waals surface area contributed by atoms with Crippen molar-refractivity contribution in [1.29, 1.82) is 0 Å². The Morgan fingerprint density at radius 2 is 1.59 bits per heavy atom. The van der Waals surface area contributed by atoms with E-state index in [1.165, 1.54) is 42.6 Å². The third-order valence-electron chi connectivity index (χ3n) is 3.72. The zero-order chi connectivity index (χ0) is 21.0. The van der Waals surface area contributed by atoms with E-state index in [9.17, 15) is 18.3 Å². The second-order valence-corrected chi connectivity index (χ2v) is 6.69. The van der Waals surface area contributed by atoms with Crippen molar-refractivity contribution in [2.45, 2.75) is 6.18 Å². The summed E-state index contributed by atoms with van der Waals surface area (Å²) in [5.41, 5.74) is 0.343. The molecule has 29 heavy (non-hydrogen) atoms. The van der Waals surface area contributed by atoms with E-state index in [0.29, 0.717) is 27.0 Å². The van der Waals surface area contributed by atoms with Gasteiger partial charge in [0.25, 0.3) is 0 Å². The summed E-state index contributed by atoms with van der Waals surface area (Å²) >= 11 is 11.9. The molecule has 0 aromatic heterocycles. The molecule has 0 heterocycles. The summed E-state index contributed by atoms with van der Waals surface area (Å²) in [5.74, 6) is -0.0585. The van der Waals surface area contributed by atoms with Gasteiger partial charge in [0.2, 0.25) is 0 Å². The van der Waals surface area contributed by atoms with Gasteiger partial charge < -0.3 is 5.11 Å². The summed E-state index contributed by atoms with van der Waals surface area (Å²) in [4.78, 5) is 4.20. The second-order valence-electron chi connectivity index (χ2n) is 5.85.